The Balaban J connectivity index is 1.91. The molecule has 2 N–H and O–H groups in total. The van der Waals surface area contributed by atoms with Crippen LogP contribution >= 0.6 is 0 Å². The molecule has 0 saturated carbocycles. The standard InChI is InChI=1S/C13H14N4O4/c1-21-11-4-2-9(3-5-11)14-12(18)8-17-7-10(15-16-17)6-13(19)20/h2-5,7H,6,8H2,1H3,(H,14,18)(H,19,20). The van der Waals surface area contributed by atoms with Crippen LogP contribution in [0.4, 0.5) is 5.69 Å². The van der Waals surface area contributed by atoms with E-state index in [-0.39, 0.29) is 18.9 Å². The van der Waals surface area contributed by atoms with Gasteiger partial charge in [0.05, 0.1) is 19.2 Å². The highest BCUT2D eigenvalue weighted by Gasteiger charge is 2.09. The van der Waals surface area contributed by atoms with E-state index in [1.165, 1.54) is 10.9 Å². The number of carbonyl (C=O) groups is 2. The van der Waals surface area contributed by atoms with Gasteiger partial charge < -0.3 is 15.2 Å². The van der Waals surface area contributed by atoms with Crippen LogP contribution in [0.5, 0.6) is 5.75 Å². The van der Waals surface area contributed by atoms with Crippen molar-refractivity contribution in [2.45, 2.75) is 13.0 Å². The molecule has 1 aromatic carbocycles. The lowest BCUT2D eigenvalue weighted by Gasteiger charge is -2.05. The maximum Gasteiger partial charge on any atom is 0.309 e. The summed E-state index contributed by atoms with van der Waals surface area (Å²) in [6, 6.07) is 6.90. The molecule has 1 aromatic heterocycles. The molecule has 0 fully saturated rings. The van der Waals surface area contributed by atoms with Crippen LogP contribution in [0.15, 0.2) is 30.5 Å². The Morgan fingerprint density at radius 3 is 2.67 bits per heavy atom. The molecule has 0 saturated heterocycles. The summed E-state index contributed by atoms with van der Waals surface area (Å²) in [6.07, 6.45) is 1.21. The van der Waals surface area contributed by atoms with Crippen LogP contribution in [0, 0.1) is 0 Å². The third kappa shape index (κ3) is 4.30. The minimum absolute atomic E-state index is 0.0430. The van der Waals surface area contributed by atoms with Crippen LogP contribution < -0.4 is 10.1 Å². The summed E-state index contributed by atoms with van der Waals surface area (Å²) >= 11 is 0. The summed E-state index contributed by atoms with van der Waals surface area (Å²) in [4.78, 5) is 22.3. The van der Waals surface area contributed by atoms with Crippen LogP contribution in [-0.4, -0.2) is 39.1 Å². The Labute approximate surface area is 120 Å². The number of aromatic nitrogens is 3. The number of anilines is 1. The SMILES string of the molecule is COc1ccc(NC(=O)Cn2cc(CC(=O)O)nn2)cc1. The monoisotopic (exact) mass is 290 g/mol. The predicted molar refractivity (Wildman–Crippen MR) is 73.0 cm³/mol. The van der Waals surface area contributed by atoms with Crippen molar-refractivity contribution in [3.63, 3.8) is 0 Å². The molecule has 110 valence electrons. The zero-order chi connectivity index (χ0) is 15.2. The second kappa shape index (κ2) is 6.51. The molecule has 0 spiro atoms. The zero-order valence-electron chi connectivity index (χ0n) is 11.3. The quantitative estimate of drug-likeness (QED) is 0.804. The van der Waals surface area contributed by atoms with Gasteiger partial charge in [-0.05, 0) is 24.3 Å². The minimum Gasteiger partial charge on any atom is -0.497 e. The highest BCUT2D eigenvalue weighted by molar-refractivity contribution is 5.90. The van der Waals surface area contributed by atoms with Gasteiger partial charge in [-0.1, -0.05) is 5.21 Å². The fourth-order valence-electron chi connectivity index (χ4n) is 1.67. The number of carbonyl (C=O) groups excluding carboxylic acids is 1. The van der Waals surface area contributed by atoms with Crippen LogP contribution in [0.1, 0.15) is 5.69 Å². The first-order valence-electron chi connectivity index (χ1n) is 6.11. The van der Waals surface area contributed by atoms with Gasteiger partial charge in [0, 0.05) is 11.9 Å². The number of hydrogen-bond acceptors (Lipinski definition) is 5. The molecule has 21 heavy (non-hydrogen) atoms. The van der Waals surface area contributed by atoms with E-state index in [9.17, 15) is 9.59 Å². The molecular formula is C13H14N4O4. The van der Waals surface area contributed by atoms with Gasteiger partial charge in [0.15, 0.2) is 0 Å². The normalized spacial score (nSPS) is 10.1. The number of carboxylic acid groups (broad SMARTS) is 1. The third-order valence-electron chi connectivity index (χ3n) is 2.60. The smallest absolute Gasteiger partial charge is 0.309 e. The number of hydrogen-bond donors (Lipinski definition) is 2. The molecule has 0 unspecified atom stereocenters. The molecule has 0 aliphatic rings. The summed E-state index contributed by atoms with van der Waals surface area (Å²) in [5.41, 5.74) is 0.937. The van der Waals surface area contributed by atoms with E-state index >= 15 is 0 Å². The molecule has 0 aliphatic heterocycles. The van der Waals surface area contributed by atoms with Gasteiger partial charge in [-0.15, -0.1) is 5.10 Å². The van der Waals surface area contributed by atoms with Crippen molar-refractivity contribution in [3.05, 3.63) is 36.2 Å². The summed E-state index contributed by atoms with van der Waals surface area (Å²) in [5.74, 6) is -0.584. The largest absolute Gasteiger partial charge is 0.497 e. The summed E-state index contributed by atoms with van der Waals surface area (Å²) in [6.45, 7) is -0.0430. The zero-order valence-corrected chi connectivity index (χ0v) is 11.3. The van der Waals surface area contributed by atoms with Gasteiger partial charge >= 0.3 is 5.97 Å². The molecular weight excluding hydrogens is 276 g/mol. The van der Waals surface area contributed by atoms with E-state index in [1.807, 2.05) is 0 Å². The van der Waals surface area contributed by atoms with Crippen LogP contribution in [0.25, 0.3) is 0 Å². The average molecular weight is 290 g/mol. The van der Waals surface area contributed by atoms with Gasteiger partial charge in [0.25, 0.3) is 0 Å². The maximum atomic E-state index is 11.8. The first kappa shape index (κ1) is 14.5. The van der Waals surface area contributed by atoms with Crippen LogP contribution in [0.3, 0.4) is 0 Å². The van der Waals surface area contributed by atoms with Crippen molar-refractivity contribution in [2.24, 2.45) is 0 Å². The lowest BCUT2D eigenvalue weighted by Crippen LogP contribution is -2.19. The third-order valence-corrected chi connectivity index (χ3v) is 2.60. The molecule has 2 rings (SSSR count). The fourth-order valence-corrected chi connectivity index (χ4v) is 1.67. The number of benzene rings is 1. The van der Waals surface area contributed by atoms with Gasteiger partial charge in [-0.2, -0.15) is 0 Å². The number of rotatable bonds is 6. The number of aliphatic carboxylic acids is 1. The minimum atomic E-state index is -0.996. The first-order valence-corrected chi connectivity index (χ1v) is 6.11. The van der Waals surface area contributed by atoms with Crippen molar-refractivity contribution in [3.8, 4) is 5.75 Å². The lowest BCUT2D eigenvalue weighted by molar-refractivity contribution is -0.136. The Morgan fingerprint density at radius 2 is 2.05 bits per heavy atom. The van der Waals surface area contributed by atoms with Crippen LogP contribution in [-0.2, 0) is 22.6 Å². The second-order valence-corrected chi connectivity index (χ2v) is 4.25. The average Bonchev–Trinajstić information content (AvgIpc) is 2.85. The van der Waals surface area contributed by atoms with E-state index in [0.717, 1.165) is 0 Å². The van der Waals surface area contributed by atoms with E-state index in [4.69, 9.17) is 9.84 Å². The van der Waals surface area contributed by atoms with E-state index in [0.29, 0.717) is 17.1 Å². The van der Waals surface area contributed by atoms with Gasteiger partial charge in [-0.3, -0.25) is 9.59 Å². The number of amides is 1. The molecule has 2 aromatic rings. The van der Waals surface area contributed by atoms with E-state index in [2.05, 4.69) is 15.6 Å². The number of nitrogens with one attached hydrogen (secondary N) is 1. The molecule has 0 bridgehead atoms. The van der Waals surface area contributed by atoms with Crippen molar-refractivity contribution in [1.29, 1.82) is 0 Å². The topological polar surface area (TPSA) is 106 Å². The molecule has 0 radical (unpaired) electrons. The van der Waals surface area contributed by atoms with Crippen molar-refractivity contribution in [1.82, 2.24) is 15.0 Å². The van der Waals surface area contributed by atoms with Gasteiger partial charge in [0.2, 0.25) is 5.91 Å². The number of carboxylic acids is 1. The number of methoxy groups -OCH3 is 1. The number of nitrogens with zero attached hydrogens (tertiary/aromatic N) is 3. The van der Waals surface area contributed by atoms with Gasteiger partial charge in [0.1, 0.15) is 12.3 Å². The number of ether oxygens (including phenoxy) is 1. The molecule has 0 atom stereocenters. The highest BCUT2D eigenvalue weighted by atomic mass is 16.5. The molecule has 1 amide bonds. The Hall–Kier alpha value is -2.90. The molecule has 8 nitrogen and oxygen atoms in total. The molecule has 0 aliphatic carbocycles. The predicted octanol–water partition coefficient (Wildman–Crippen LogP) is 0.552. The van der Waals surface area contributed by atoms with Crippen molar-refractivity contribution < 1.29 is 19.4 Å². The first-order chi connectivity index (χ1) is 10.1. The fraction of sp³-hybridized carbons (Fsp3) is 0.231. The Morgan fingerprint density at radius 1 is 1.33 bits per heavy atom. The highest BCUT2D eigenvalue weighted by Crippen LogP contribution is 2.14. The lowest BCUT2D eigenvalue weighted by atomic mass is 10.3. The Kier molecular flexibility index (Phi) is 4.50. The van der Waals surface area contributed by atoms with Crippen LogP contribution in [0.2, 0.25) is 0 Å². The maximum absolute atomic E-state index is 11.8. The molecule has 8 heteroatoms. The van der Waals surface area contributed by atoms with Crippen molar-refractivity contribution in [2.75, 3.05) is 12.4 Å². The summed E-state index contributed by atoms with van der Waals surface area (Å²) in [7, 11) is 1.56. The Bertz CT molecular complexity index is 636. The second-order valence-electron chi connectivity index (χ2n) is 4.25. The van der Waals surface area contributed by atoms with Gasteiger partial charge in [-0.25, -0.2) is 4.68 Å². The summed E-state index contributed by atoms with van der Waals surface area (Å²) in [5, 5.41) is 18.7. The van der Waals surface area contributed by atoms with E-state index in [1.54, 1.807) is 31.4 Å². The van der Waals surface area contributed by atoms with E-state index < -0.39 is 5.97 Å². The van der Waals surface area contributed by atoms with Crippen molar-refractivity contribution >= 4 is 17.6 Å². The molecule has 1 heterocycles. The summed E-state index contributed by atoms with van der Waals surface area (Å²) < 4.78 is 6.31.